The average Bonchev–Trinajstić information content (AvgIpc) is 2.88. The zero-order valence-corrected chi connectivity index (χ0v) is 12.0. The van der Waals surface area contributed by atoms with Gasteiger partial charge in [0.2, 0.25) is 5.91 Å². The molecule has 20 heavy (non-hydrogen) atoms. The van der Waals surface area contributed by atoms with E-state index in [1.807, 2.05) is 19.0 Å². The topological polar surface area (TPSA) is 35.6 Å². The van der Waals surface area contributed by atoms with Crippen LogP contribution in [0.5, 0.6) is 0 Å². The molecule has 0 aliphatic carbocycles. The maximum absolute atomic E-state index is 13.4. The molecule has 0 spiro atoms. The van der Waals surface area contributed by atoms with E-state index in [0.29, 0.717) is 13.1 Å². The summed E-state index contributed by atoms with van der Waals surface area (Å²) in [6, 6.07) is 0.146. The molecule has 0 saturated carbocycles. The first-order chi connectivity index (χ1) is 9.28. The molecule has 2 aliphatic rings. The van der Waals surface area contributed by atoms with Crippen molar-refractivity contribution < 1.29 is 18.0 Å². The highest BCUT2D eigenvalue weighted by molar-refractivity contribution is 5.84. The van der Waals surface area contributed by atoms with E-state index < -0.39 is 17.5 Å². The quantitative estimate of drug-likeness (QED) is 0.827. The summed E-state index contributed by atoms with van der Waals surface area (Å²) in [5.41, 5.74) is -2.22. The number of carbonyl (C=O) groups excluding carboxylic acids is 1. The van der Waals surface area contributed by atoms with Gasteiger partial charge in [0.25, 0.3) is 0 Å². The third-order valence-electron chi connectivity index (χ3n) is 4.52. The van der Waals surface area contributed by atoms with Crippen molar-refractivity contribution in [1.82, 2.24) is 15.1 Å². The molecule has 0 aromatic heterocycles. The lowest BCUT2D eigenvalue weighted by molar-refractivity contribution is -0.222. The van der Waals surface area contributed by atoms with Crippen molar-refractivity contribution in [2.24, 2.45) is 5.41 Å². The van der Waals surface area contributed by atoms with Crippen LogP contribution in [0.25, 0.3) is 0 Å². The molecule has 2 rings (SSSR count). The number of amides is 1. The maximum Gasteiger partial charge on any atom is 0.404 e. The summed E-state index contributed by atoms with van der Waals surface area (Å²) in [7, 11) is 3.80. The molecule has 2 fully saturated rings. The van der Waals surface area contributed by atoms with Gasteiger partial charge in [-0.2, -0.15) is 13.2 Å². The molecule has 7 heteroatoms. The van der Waals surface area contributed by atoms with Crippen LogP contribution in [-0.4, -0.2) is 68.2 Å². The first-order valence-corrected chi connectivity index (χ1v) is 7.01. The molecule has 2 unspecified atom stereocenters. The van der Waals surface area contributed by atoms with E-state index in [2.05, 4.69) is 5.32 Å². The van der Waals surface area contributed by atoms with Gasteiger partial charge in [-0.05, 0) is 39.9 Å². The minimum atomic E-state index is -4.49. The summed E-state index contributed by atoms with van der Waals surface area (Å²) in [6.45, 7) is 0.777. The van der Waals surface area contributed by atoms with Gasteiger partial charge in [-0.1, -0.05) is 0 Å². The maximum atomic E-state index is 13.4. The van der Waals surface area contributed by atoms with E-state index >= 15 is 0 Å². The molecule has 2 saturated heterocycles. The molecule has 0 aromatic carbocycles. The van der Waals surface area contributed by atoms with Crippen LogP contribution in [0.1, 0.15) is 19.3 Å². The Morgan fingerprint density at radius 3 is 2.60 bits per heavy atom. The number of rotatable bonds is 2. The minimum Gasteiger partial charge on any atom is -0.340 e. The number of hydrogen-bond donors (Lipinski definition) is 1. The SMILES string of the molecule is CN(C)C1CCCN(C(=O)C2(C(F)(F)F)CCNC2)C1. The summed E-state index contributed by atoms with van der Waals surface area (Å²) in [6.07, 6.45) is -2.96. The molecule has 0 aromatic rings. The number of carbonyl (C=O) groups is 1. The first-order valence-electron chi connectivity index (χ1n) is 7.01. The van der Waals surface area contributed by atoms with Gasteiger partial charge < -0.3 is 15.1 Å². The van der Waals surface area contributed by atoms with Gasteiger partial charge in [-0.15, -0.1) is 0 Å². The number of likely N-dealkylation sites (tertiary alicyclic amines) is 1. The predicted octanol–water partition coefficient (Wildman–Crippen LogP) is 1.08. The zero-order chi connectivity index (χ0) is 15.0. The highest BCUT2D eigenvalue weighted by Crippen LogP contribution is 2.44. The van der Waals surface area contributed by atoms with E-state index in [4.69, 9.17) is 0 Å². The predicted molar refractivity (Wildman–Crippen MR) is 69.3 cm³/mol. The second-order valence-electron chi connectivity index (χ2n) is 6.02. The summed E-state index contributed by atoms with van der Waals surface area (Å²) in [5, 5.41) is 2.70. The Kier molecular flexibility index (Phi) is 4.30. The second kappa shape index (κ2) is 5.52. The highest BCUT2D eigenvalue weighted by Gasteiger charge is 2.62. The summed E-state index contributed by atoms with van der Waals surface area (Å²) >= 11 is 0. The second-order valence-corrected chi connectivity index (χ2v) is 6.02. The van der Waals surface area contributed by atoms with Crippen LogP contribution in [0.4, 0.5) is 13.2 Å². The van der Waals surface area contributed by atoms with Crippen molar-refractivity contribution >= 4 is 5.91 Å². The van der Waals surface area contributed by atoms with E-state index in [1.54, 1.807) is 0 Å². The lowest BCUT2D eigenvalue weighted by Crippen LogP contribution is -2.57. The van der Waals surface area contributed by atoms with E-state index in [9.17, 15) is 18.0 Å². The van der Waals surface area contributed by atoms with Gasteiger partial charge in [0.1, 0.15) is 0 Å². The molecule has 116 valence electrons. The normalized spacial score (nSPS) is 31.9. The van der Waals surface area contributed by atoms with Crippen LogP contribution < -0.4 is 5.32 Å². The summed E-state index contributed by atoms with van der Waals surface area (Å²) < 4.78 is 40.1. The molecule has 2 aliphatic heterocycles. The number of nitrogens with zero attached hydrogens (tertiary/aromatic N) is 2. The van der Waals surface area contributed by atoms with Crippen molar-refractivity contribution in [3.8, 4) is 0 Å². The van der Waals surface area contributed by atoms with Crippen LogP contribution in [0.15, 0.2) is 0 Å². The Balaban J connectivity index is 2.16. The monoisotopic (exact) mass is 293 g/mol. The number of halogens is 3. The van der Waals surface area contributed by atoms with E-state index in [0.717, 1.165) is 12.8 Å². The molecule has 0 bridgehead atoms. The highest BCUT2D eigenvalue weighted by atomic mass is 19.4. The fourth-order valence-electron chi connectivity index (χ4n) is 3.10. The third-order valence-corrected chi connectivity index (χ3v) is 4.52. The Hall–Kier alpha value is -0.820. The molecule has 2 atom stereocenters. The van der Waals surface area contributed by atoms with Gasteiger partial charge in [-0.25, -0.2) is 0 Å². The minimum absolute atomic E-state index is 0.146. The Labute approximate surface area is 117 Å². The lowest BCUT2D eigenvalue weighted by Gasteiger charge is -2.41. The number of hydrogen-bond acceptors (Lipinski definition) is 3. The molecule has 1 amide bonds. The molecule has 4 nitrogen and oxygen atoms in total. The fourth-order valence-corrected chi connectivity index (χ4v) is 3.10. The van der Waals surface area contributed by atoms with Gasteiger partial charge in [0.15, 0.2) is 5.41 Å². The van der Waals surface area contributed by atoms with Gasteiger partial charge in [0.05, 0.1) is 0 Å². The number of piperidine rings is 1. The lowest BCUT2D eigenvalue weighted by atomic mass is 9.83. The third kappa shape index (κ3) is 2.65. The smallest absolute Gasteiger partial charge is 0.340 e. The summed E-state index contributed by atoms with van der Waals surface area (Å²) in [5.74, 6) is -0.749. The summed E-state index contributed by atoms with van der Waals surface area (Å²) in [4.78, 5) is 15.9. The van der Waals surface area contributed by atoms with Crippen molar-refractivity contribution in [1.29, 1.82) is 0 Å². The van der Waals surface area contributed by atoms with Crippen LogP contribution >= 0.6 is 0 Å². The van der Waals surface area contributed by atoms with Crippen LogP contribution in [0.3, 0.4) is 0 Å². The largest absolute Gasteiger partial charge is 0.404 e. The van der Waals surface area contributed by atoms with Crippen molar-refractivity contribution in [3.05, 3.63) is 0 Å². The number of alkyl halides is 3. The van der Waals surface area contributed by atoms with Crippen LogP contribution in [0.2, 0.25) is 0 Å². The van der Waals surface area contributed by atoms with Crippen molar-refractivity contribution in [3.63, 3.8) is 0 Å². The fraction of sp³-hybridized carbons (Fsp3) is 0.923. The molecule has 0 radical (unpaired) electrons. The van der Waals surface area contributed by atoms with Crippen molar-refractivity contribution in [2.45, 2.75) is 31.5 Å². The van der Waals surface area contributed by atoms with Crippen LogP contribution in [0, 0.1) is 5.41 Å². The zero-order valence-electron chi connectivity index (χ0n) is 12.0. The van der Waals surface area contributed by atoms with Crippen LogP contribution in [-0.2, 0) is 4.79 Å². The molecular formula is C13H22F3N3O. The van der Waals surface area contributed by atoms with Gasteiger partial charge >= 0.3 is 6.18 Å². The molecule has 1 N–H and O–H groups in total. The number of likely N-dealkylation sites (N-methyl/N-ethyl adjacent to an activating group) is 1. The van der Waals surface area contributed by atoms with Crippen molar-refractivity contribution in [2.75, 3.05) is 40.3 Å². The first kappa shape index (κ1) is 15.6. The van der Waals surface area contributed by atoms with Gasteiger partial charge in [0, 0.05) is 25.7 Å². The molecule has 2 heterocycles. The van der Waals surface area contributed by atoms with Gasteiger partial charge in [-0.3, -0.25) is 4.79 Å². The molecular weight excluding hydrogens is 271 g/mol. The number of nitrogens with one attached hydrogen (secondary N) is 1. The standard InChI is InChI=1S/C13H22F3N3O/c1-18(2)10-4-3-7-19(8-10)11(20)12(13(14,15)16)5-6-17-9-12/h10,17H,3-9H2,1-2H3. The Morgan fingerprint density at radius 2 is 2.10 bits per heavy atom. The Morgan fingerprint density at radius 1 is 1.40 bits per heavy atom. The van der Waals surface area contributed by atoms with E-state index in [1.165, 1.54) is 4.90 Å². The average molecular weight is 293 g/mol. The van der Waals surface area contributed by atoms with E-state index in [-0.39, 0.29) is 25.6 Å². The Bertz CT molecular complexity index is 364.